The van der Waals surface area contributed by atoms with Crippen LogP contribution in [0.2, 0.25) is 5.02 Å². The summed E-state index contributed by atoms with van der Waals surface area (Å²) in [6.07, 6.45) is -3.14. The van der Waals surface area contributed by atoms with Crippen molar-refractivity contribution in [1.82, 2.24) is 4.90 Å². The number of nitrogens with zero attached hydrogens (tertiary/aromatic N) is 1. The number of carboxylic acid groups (broad SMARTS) is 1. The third kappa shape index (κ3) is 3.13. The van der Waals surface area contributed by atoms with Crippen LogP contribution in [-0.2, 0) is 4.79 Å². The number of rotatable bonds is 3. The van der Waals surface area contributed by atoms with Crippen LogP contribution in [0.25, 0.3) is 0 Å². The molecule has 146 valence electrons. The predicted molar refractivity (Wildman–Crippen MR) is 93.7 cm³/mol. The van der Waals surface area contributed by atoms with Crippen molar-refractivity contribution in [1.29, 1.82) is 0 Å². The molecule has 28 heavy (non-hydrogen) atoms. The monoisotopic (exact) mass is 409 g/mol. The van der Waals surface area contributed by atoms with E-state index in [1.807, 2.05) is 0 Å². The lowest BCUT2D eigenvalue weighted by Gasteiger charge is -2.29. The molecular formula is C19H14ClF2NO5. The van der Waals surface area contributed by atoms with Gasteiger partial charge in [-0.15, -0.1) is 8.78 Å². The number of halogens is 3. The Morgan fingerprint density at radius 3 is 2.54 bits per heavy atom. The summed E-state index contributed by atoms with van der Waals surface area (Å²) in [4.78, 5) is 26.1. The van der Waals surface area contributed by atoms with Gasteiger partial charge in [0.2, 0.25) is 0 Å². The minimum absolute atomic E-state index is 0.0188. The van der Waals surface area contributed by atoms with E-state index in [2.05, 4.69) is 9.47 Å². The minimum Gasteiger partial charge on any atom is -0.480 e. The molecule has 2 aliphatic heterocycles. The van der Waals surface area contributed by atoms with Gasteiger partial charge in [-0.25, -0.2) is 4.79 Å². The maximum absolute atomic E-state index is 13.2. The molecule has 2 heterocycles. The van der Waals surface area contributed by atoms with Crippen LogP contribution in [0.3, 0.4) is 0 Å². The Labute approximate surface area is 163 Å². The summed E-state index contributed by atoms with van der Waals surface area (Å²) in [6, 6.07) is 8.90. The molecule has 0 radical (unpaired) electrons. The molecule has 1 amide bonds. The van der Waals surface area contributed by atoms with Crippen LogP contribution in [0.5, 0.6) is 11.5 Å². The summed E-state index contributed by atoms with van der Waals surface area (Å²) < 4.78 is 35.2. The first-order valence-corrected chi connectivity index (χ1v) is 8.84. The van der Waals surface area contributed by atoms with Crippen molar-refractivity contribution in [3.05, 3.63) is 58.6 Å². The number of hydrogen-bond donors (Lipinski definition) is 1. The Kier molecular flexibility index (Phi) is 4.38. The van der Waals surface area contributed by atoms with Gasteiger partial charge in [-0.2, -0.15) is 0 Å². The number of benzene rings is 2. The van der Waals surface area contributed by atoms with Crippen molar-refractivity contribution < 1.29 is 33.0 Å². The number of likely N-dealkylation sites (tertiary alicyclic amines) is 1. The Morgan fingerprint density at radius 2 is 1.82 bits per heavy atom. The number of amides is 1. The lowest BCUT2D eigenvalue weighted by molar-refractivity contribution is -0.286. The van der Waals surface area contributed by atoms with Crippen LogP contribution in [0.15, 0.2) is 42.5 Å². The van der Waals surface area contributed by atoms with E-state index in [-0.39, 0.29) is 23.5 Å². The number of fused-ring (bicyclic) bond motifs is 1. The van der Waals surface area contributed by atoms with Crippen LogP contribution in [0, 0.1) is 0 Å². The lowest BCUT2D eigenvalue weighted by Crippen LogP contribution is -2.41. The summed E-state index contributed by atoms with van der Waals surface area (Å²) in [5.41, 5.74) is 0.652. The van der Waals surface area contributed by atoms with Crippen LogP contribution < -0.4 is 9.47 Å². The third-order valence-electron chi connectivity index (χ3n) is 4.82. The molecule has 1 unspecified atom stereocenters. The number of carboxylic acids is 1. The van der Waals surface area contributed by atoms with Crippen LogP contribution in [0.1, 0.15) is 34.8 Å². The van der Waals surface area contributed by atoms with E-state index in [0.717, 1.165) is 6.07 Å². The highest BCUT2D eigenvalue weighted by atomic mass is 35.5. The van der Waals surface area contributed by atoms with E-state index in [1.54, 1.807) is 24.3 Å². The summed E-state index contributed by atoms with van der Waals surface area (Å²) in [6.45, 7) is 0. The summed E-state index contributed by atoms with van der Waals surface area (Å²) >= 11 is 6.25. The topological polar surface area (TPSA) is 76.1 Å². The summed E-state index contributed by atoms with van der Waals surface area (Å²) in [5, 5.41) is 9.98. The average Bonchev–Trinajstić information content (AvgIpc) is 3.20. The predicted octanol–water partition coefficient (Wildman–Crippen LogP) is 4.09. The highest BCUT2D eigenvalue weighted by Crippen LogP contribution is 2.43. The molecule has 0 spiro atoms. The molecule has 0 aromatic heterocycles. The molecule has 2 aromatic carbocycles. The quantitative estimate of drug-likeness (QED) is 0.826. The molecular weight excluding hydrogens is 396 g/mol. The fourth-order valence-electron chi connectivity index (χ4n) is 3.62. The molecule has 0 saturated carbocycles. The van der Waals surface area contributed by atoms with E-state index in [4.69, 9.17) is 11.6 Å². The Morgan fingerprint density at radius 1 is 1.11 bits per heavy atom. The van der Waals surface area contributed by atoms with Crippen molar-refractivity contribution in [2.75, 3.05) is 0 Å². The second-order valence-electron chi connectivity index (χ2n) is 6.51. The van der Waals surface area contributed by atoms with E-state index in [9.17, 15) is 23.5 Å². The summed E-state index contributed by atoms with van der Waals surface area (Å²) in [5.74, 6) is -2.23. The Hall–Kier alpha value is -2.87. The third-order valence-corrected chi connectivity index (χ3v) is 5.16. The van der Waals surface area contributed by atoms with Crippen LogP contribution in [-0.4, -0.2) is 34.2 Å². The number of ether oxygens (including phenoxy) is 2. The van der Waals surface area contributed by atoms with E-state index >= 15 is 0 Å². The van der Waals surface area contributed by atoms with Crippen LogP contribution >= 0.6 is 11.6 Å². The molecule has 2 aliphatic rings. The van der Waals surface area contributed by atoms with Crippen molar-refractivity contribution in [3.8, 4) is 11.5 Å². The highest BCUT2D eigenvalue weighted by Gasteiger charge is 2.45. The molecule has 4 rings (SSSR count). The van der Waals surface area contributed by atoms with Crippen molar-refractivity contribution >= 4 is 23.5 Å². The van der Waals surface area contributed by atoms with Gasteiger partial charge in [0.15, 0.2) is 11.5 Å². The molecule has 2 atom stereocenters. The number of aliphatic carboxylic acids is 1. The zero-order valence-electron chi connectivity index (χ0n) is 14.3. The second-order valence-corrected chi connectivity index (χ2v) is 6.92. The first kappa shape index (κ1) is 18.5. The zero-order chi connectivity index (χ0) is 20.1. The molecule has 0 bridgehead atoms. The van der Waals surface area contributed by atoms with E-state index < -0.39 is 30.3 Å². The number of hydrogen-bond acceptors (Lipinski definition) is 4. The summed E-state index contributed by atoms with van der Waals surface area (Å²) in [7, 11) is 0. The van der Waals surface area contributed by atoms with Gasteiger partial charge >= 0.3 is 12.3 Å². The normalized spacial score (nSPS) is 22.3. The Balaban J connectivity index is 1.71. The van der Waals surface area contributed by atoms with E-state index in [1.165, 1.54) is 17.0 Å². The molecule has 6 nitrogen and oxygen atoms in total. The smallest absolute Gasteiger partial charge is 0.480 e. The number of carbonyl (C=O) groups is 2. The fraction of sp³-hybridized carbons (Fsp3) is 0.263. The molecule has 1 saturated heterocycles. The zero-order valence-corrected chi connectivity index (χ0v) is 15.0. The average molecular weight is 410 g/mol. The molecule has 0 aliphatic carbocycles. The van der Waals surface area contributed by atoms with Gasteiger partial charge in [0.05, 0.1) is 6.04 Å². The highest BCUT2D eigenvalue weighted by molar-refractivity contribution is 6.31. The van der Waals surface area contributed by atoms with Crippen molar-refractivity contribution in [2.45, 2.75) is 31.2 Å². The van der Waals surface area contributed by atoms with Gasteiger partial charge in [0.1, 0.15) is 6.04 Å². The second kappa shape index (κ2) is 6.63. The maximum atomic E-state index is 13.2. The van der Waals surface area contributed by atoms with E-state index in [0.29, 0.717) is 17.0 Å². The standard InChI is InChI=1S/C19H14ClF2NO5/c20-12-4-2-1-3-11(12)13-6-7-14(18(25)26)23(13)17(24)10-5-8-15-16(9-10)28-19(21,22)27-15/h1-5,8-9,13-14H,6-7H2,(H,25,26)/t13?,14-/m0/s1. The first-order valence-electron chi connectivity index (χ1n) is 8.46. The minimum atomic E-state index is -3.80. The maximum Gasteiger partial charge on any atom is 0.586 e. The van der Waals surface area contributed by atoms with Gasteiger partial charge in [-0.05, 0) is 42.7 Å². The fourth-order valence-corrected chi connectivity index (χ4v) is 3.88. The molecule has 9 heteroatoms. The van der Waals surface area contributed by atoms with Gasteiger partial charge < -0.3 is 19.5 Å². The molecule has 1 fully saturated rings. The van der Waals surface area contributed by atoms with Gasteiger partial charge in [-0.1, -0.05) is 29.8 Å². The van der Waals surface area contributed by atoms with Gasteiger partial charge in [0, 0.05) is 10.6 Å². The SMILES string of the molecule is O=C(O)[C@@H]1CCC(c2ccccc2Cl)N1C(=O)c1ccc2c(c1)OC(F)(F)O2. The molecule has 2 aromatic rings. The number of carbonyl (C=O) groups excluding carboxylic acids is 1. The lowest BCUT2D eigenvalue weighted by atomic mass is 10.0. The number of alkyl halides is 2. The van der Waals surface area contributed by atoms with Crippen molar-refractivity contribution in [2.24, 2.45) is 0 Å². The van der Waals surface area contributed by atoms with Crippen LogP contribution in [0.4, 0.5) is 8.78 Å². The molecule has 1 N–H and O–H groups in total. The largest absolute Gasteiger partial charge is 0.586 e. The Bertz CT molecular complexity index is 967. The first-order chi connectivity index (χ1) is 13.3. The van der Waals surface area contributed by atoms with Gasteiger partial charge in [-0.3, -0.25) is 4.79 Å². The van der Waals surface area contributed by atoms with Gasteiger partial charge in [0.25, 0.3) is 5.91 Å². The van der Waals surface area contributed by atoms with Crippen molar-refractivity contribution in [3.63, 3.8) is 0 Å².